The van der Waals surface area contributed by atoms with E-state index in [1.54, 1.807) is 0 Å². The average molecular weight is 227 g/mol. The summed E-state index contributed by atoms with van der Waals surface area (Å²) in [4.78, 5) is 2.68. The van der Waals surface area contributed by atoms with Crippen LogP contribution in [-0.2, 0) is 11.8 Å². The number of hydrogen-bond donors (Lipinski definition) is 2. The van der Waals surface area contributed by atoms with Gasteiger partial charge in [-0.25, -0.2) is 0 Å². The highest BCUT2D eigenvalue weighted by molar-refractivity contribution is 7.12. The van der Waals surface area contributed by atoms with Crippen molar-refractivity contribution in [3.8, 4) is 0 Å². The Balaban J connectivity index is 2.98. The molecule has 0 aliphatic rings. The highest BCUT2D eigenvalue weighted by Crippen LogP contribution is 2.35. The molecule has 1 heterocycles. The largest absolute Gasteiger partial charge is 0.396 e. The standard InChI is InChI=1S/C12H21NOS/c1-4-10-5-6-11(15-10)12(3,7-8-14)9(2)13/h5-6,9,14H,4,7-8,13H2,1-3H3. The molecule has 1 aromatic heterocycles. The van der Waals surface area contributed by atoms with Gasteiger partial charge in [0, 0.05) is 27.8 Å². The van der Waals surface area contributed by atoms with Crippen LogP contribution in [0.1, 0.15) is 36.9 Å². The van der Waals surface area contributed by atoms with Crippen LogP contribution < -0.4 is 5.73 Å². The SMILES string of the molecule is CCc1ccc(C(C)(CCO)C(C)N)s1. The molecule has 1 rings (SSSR count). The van der Waals surface area contributed by atoms with Crippen molar-refractivity contribution in [2.24, 2.45) is 5.73 Å². The van der Waals surface area contributed by atoms with Crippen molar-refractivity contribution in [1.82, 2.24) is 0 Å². The van der Waals surface area contributed by atoms with Gasteiger partial charge in [0.25, 0.3) is 0 Å². The Hall–Kier alpha value is -0.380. The Kier molecular flexibility index (Phi) is 4.32. The van der Waals surface area contributed by atoms with Gasteiger partial charge in [0.1, 0.15) is 0 Å². The topological polar surface area (TPSA) is 46.2 Å². The molecule has 0 aliphatic heterocycles. The lowest BCUT2D eigenvalue weighted by molar-refractivity contribution is 0.231. The molecule has 0 saturated heterocycles. The summed E-state index contributed by atoms with van der Waals surface area (Å²) < 4.78 is 0. The van der Waals surface area contributed by atoms with E-state index in [1.165, 1.54) is 9.75 Å². The Morgan fingerprint density at radius 3 is 2.60 bits per heavy atom. The zero-order valence-electron chi connectivity index (χ0n) is 9.79. The normalized spacial score (nSPS) is 17.4. The summed E-state index contributed by atoms with van der Waals surface area (Å²) in [6, 6.07) is 4.38. The summed E-state index contributed by atoms with van der Waals surface area (Å²) in [5, 5.41) is 9.13. The lowest BCUT2D eigenvalue weighted by Crippen LogP contribution is -2.41. The molecular weight excluding hydrogens is 206 g/mol. The maximum Gasteiger partial charge on any atom is 0.0440 e. The first kappa shape index (κ1) is 12.7. The molecule has 15 heavy (non-hydrogen) atoms. The predicted octanol–water partition coefficient (Wildman–Crippen LogP) is 2.30. The van der Waals surface area contributed by atoms with E-state index >= 15 is 0 Å². The van der Waals surface area contributed by atoms with Crippen molar-refractivity contribution < 1.29 is 5.11 Å². The van der Waals surface area contributed by atoms with Crippen molar-refractivity contribution in [3.63, 3.8) is 0 Å². The van der Waals surface area contributed by atoms with Gasteiger partial charge in [-0.3, -0.25) is 0 Å². The van der Waals surface area contributed by atoms with Crippen LogP contribution in [0.4, 0.5) is 0 Å². The summed E-state index contributed by atoms with van der Waals surface area (Å²) in [7, 11) is 0. The molecular formula is C12H21NOS. The second-order valence-corrected chi connectivity index (χ2v) is 5.47. The Morgan fingerprint density at radius 1 is 1.53 bits per heavy atom. The van der Waals surface area contributed by atoms with E-state index in [2.05, 4.69) is 26.0 Å². The molecule has 0 amide bonds. The monoisotopic (exact) mass is 227 g/mol. The van der Waals surface area contributed by atoms with Crippen molar-refractivity contribution in [2.45, 2.75) is 45.1 Å². The second-order valence-electron chi connectivity index (χ2n) is 4.30. The molecule has 0 fully saturated rings. The van der Waals surface area contributed by atoms with Crippen LogP contribution in [0.3, 0.4) is 0 Å². The van der Waals surface area contributed by atoms with E-state index in [4.69, 9.17) is 10.8 Å². The van der Waals surface area contributed by atoms with Gasteiger partial charge in [-0.1, -0.05) is 13.8 Å². The maximum atomic E-state index is 9.13. The number of thiophene rings is 1. The van der Waals surface area contributed by atoms with Crippen LogP contribution in [-0.4, -0.2) is 17.8 Å². The van der Waals surface area contributed by atoms with Gasteiger partial charge in [0.15, 0.2) is 0 Å². The Morgan fingerprint density at radius 2 is 2.20 bits per heavy atom. The van der Waals surface area contributed by atoms with Gasteiger partial charge in [0.2, 0.25) is 0 Å². The summed E-state index contributed by atoms with van der Waals surface area (Å²) in [5.74, 6) is 0. The van der Waals surface area contributed by atoms with Gasteiger partial charge in [-0.05, 0) is 31.9 Å². The molecule has 0 bridgehead atoms. The number of nitrogens with two attached hydrogens (primary N) is 1. The minimum absolute atomic E-state index is 0.0630. The molecule has 1 aromatic rings. The molecule has 2 atom stereocenters. The molecule has 0 spiro atoms. The molecule has 2 nitrogen and oxygen atoms in total. The summed E-state index contributed by atoms with van der Waals surface area (Å²) in [6.07, 6.45) is 1.80. The first-order chi connectivity index (χ1) is 7.04. The van der Waals surface area contributed by atoms with Gasteiger partial charge in [0.05, 0.1) is 0 Å². The number of rotatable bonds is 5. The van der Waals surface area contributed by atoms with Gasteiger partial charge in [-0.2, -0.15) is 0 Å². The predicted molar refractivity (Wildman–Crippen MR) is 66.4 cm³/mol. The van der Waals surface area contributed by atoms with Crippen LogP contribution >= 0.6 is 11.3 Å². The molecule has 0 aromatic carbocycles. The van der Waals surface area contributed by atoms with Crippen molar-refractivity contribution in [1.29, 1.82) is 0 Å². The van der Waals surface area contributed by atoms with Crippen molar-refractivity contribution >= 4 is 11.3 Å². The fourth-order valence-corrected chi connectivity index (χ4v) is 2.90. The summed E-state index contributed by atoms with van der Waals surface area (Å²) in [5.41, 5.74) is 5.94. The zero-order chi connectivity index (χ0) is 11.5. The van der Waals surface area contributed by atoms with Gasteiger partial charge < -0.3 is 10.8 Å². The minimum Gasteiger partial charge on any atom is -0.396 e. The number of aliphatic hydroxyl groups is 1. The molecule has 3 heteroatoms. The smallest absolute Gasteiger partial charge is 0.0440 e. The lowest BCUT2D eigenvalue weighted by atomic mass is 9.79. The lowest BCUT2D eigenvalue weighted by Gasteiger charge is -2.32. The van der Waals surface area contributed by atoms with Crippen LogP contribution in [0, 0.1) is 0 Å². The second kappa shape index (κ2) is 5.10. The highest BCUT2D eigenvalue weighted by atomic mass is 32.1. The fourth-order valence-electron chi connectivity index (χ4n) is 1.68. The van der Waals surface area contributed by atoms with Crippen LogP contribution in [0.25, 0.3) is 0 Å². The molecule has 86 valence electrons. The molecule has 3 N–H and O–H groups in total. The first-order valence-electron chi connectivity index (χ1n) is 5.50. The van der Waals surface area contributed by atoms with E-state index < -0.39 is 0 Å². The van der Waals surface area contributed by atoms with E-state index in [9.17, 15) is 0 Å². The Labute approximate surface area is 96.1 Å². The number of aryl methyl sites for hydroxylation is 1. The van der Waals surface area contributed by atoms with E-state index in [0.717, 1.165) is 12.8 Å². The van der Waals surface area contributed by atoms with Gasteiger partial charge in [-0.15, -0.1) is 11.3 Å². The molecule has 0 radical (unpaired) electrons. The Bertz CT molecular complexity index is 308. The third-order valence-electron chi connectivity index (χ3n) is 3.21. The van der Waals surface area contributed by atoms with Gasteiger partial charge >= 0.3 is 0 Å². The summed E-state index contributed by atoms with van der Waals surface area (Å²) in [6.45, 7) is 6.50. The van der Waals surface area contributed by atoms with Crippen LogP contribution in [0.2, 0.25) is 0 Å². The summed E-state index contributed by atoms with van der Waals surface area (Å²) >= 11 is 1.82. The van der Waals surface area contributed by atoms with Crippen molar-refractivity contribution in [2.75, 3.05) is 6.61 Å². The minimum atomic E-state index is -0.0904. The molecule has 2 unspecified atom stereocenters. The highest BCUT2D eigenvalue weighted by Gasteiger charge is 2.31. The van der Waals surface area contributed by atoms with E-state index in [-0.39, 0.29) is 18.1 Å². The quantitative estimate of drug-likeness (QED) is 0.811. The van der Waals surface area contributed by atoms with Crippen molar-refractivity contribution in [3.05, 3.63) is 21.9 Å². The fraction of sp³-hybridized carbons (Fsp3) is 0.667. The first-order valence-corrected chi connectivity index (χ1v) is 6.32. The zero-order valence-corrected chi connectivity index (χ0v) is 10.6. The number of aliphatic hydroxyl groups excluding tert-OH is 1. The average Bonchev–Trinajstić information content (AvgIpc) is 2.66. The maximum absolute atomic E-state index is 9.13. The molecule has 0 aliphatic carbocycles. The molecule has 0 saturated carbocycles. The number of hydrogen-bond acceptors (Lipinski definition) is 3. The third-order valence-corrected chi connectivity index (χ3v) is 4.72. The van der Waals surface area contributed by atoms with Crippen LogP contribution in [0.5, 0.6) is 0 Å². The van der Waals surface area contributed by atoms with E-state index in [0.29, 0.717) is 0 Å². The van der Waals surface area contributed by atoms with Crippen LogP contribution in [0.15, 0.2) is 12.1 Å². The van der Waals surface area contributed by atoms with E-state index in [1.807, 2.05) is 18.3 Å². The third kappa shape index (κ3) is 2.60.